The summed E-state index contributed by atoms with van der Waals surface area (Å²) in [6, 6.07) is 4.08. The summed E-state index contributed by atoms with van der Waals surface area (Å²) in [5.41, 5.74) is 10.3. The average molecular weight is 210 g/mol. The van der Waals surface area contributed by atoms with Gasteiger partial charge in [-0.1, -0.05) is 6.07 Å². The van der Waals surface area contributed by atoms with Crippen molar-refractivity contribution in [3.8, 4) is 0 Å². The Morgan fingerprint density at radius 3 is 1.77 bits per heavy atom. The molecule has 0 unspecified atom stereocenters. The molecular formula is C6H7N2NaO3S. The van der Waals surface area contributed by atoms with Crippen LogP contribution >= 0.6 is 0 Å². The third-order valence-electron chi connectivity index (χ3n) is 1.33. The summed E-state index contributed by atoms with van der Waals surface area (Å²) in [6.07, 6.45) is 0. The molecule has 0 aliphatic heterocycles. The number of hydrogen-bond acceptors (Lipinski definition) is 5. The molecule has 0 aromatic heterocycles. The molecule has 0 atom stereocenters. The van der Waals surface area contributed by atoms with E-state index in [1.165, 1.54) is 18.2 Å². The monoisotopic (exact) mass is 210 g/mol. The minimum atomic E-state index is -4.56. The Morgan fingerprint density at radius 1 is 1.15 bits per heavy atom. The van der Waals surface area contributed by atoms with Gasteiger partial charge in [-0.15, -0.1) is 0 Å². The van der Waals surface area contributed by atoms with Gasteiger partial charge in [0.2, 0.25) is 0 Å². The quantitative estimate of drug-likeness (QED) is 0.287. The predicted octanol–water partition coefficient (Wildman–Crippen LogP) is -3.24. The smallest absolute Gasteiger partial charge is 0.744 e. The number of hydrogen-bond donors (Lipinski definition) is 2. The molecule has 0 fully saturated rings. The number of benzene rings is 1. The van der Waals surface area contributed by atoms with E-state index in [2.05, 4.69) is 0 Å². The normalized spacial score (nSPS) is 10.5. The van der Waals surface area contributed by atoms with Gasteiger partial charge in [-0.2, -0.15) is 0 Å². The first-order valence-corrected chi connectivity index (χ1v) is 4.43. The predicted molar refractivity (Wildman–Crippen MR) is 43.2 cm³/mol. The molecule has 1 aromatic carbocycles. The molecule has 0 saturated heterocycles. The largest absolute Gasteiger partial charge is 1.00 e. The Morgan fingerprint density at radius 2 is 1.54 bits per heavy atom. The van der Waals surface area contributed by atoms with Crippen LogP contribution in [0.2, 0.25) is 0 Å². The summed E-state index contributed by atoms with van der Waals surface area (Å²) < 4.78 is 31.7. The summed E-state index contributed by atoms with van der Waals surface area (Å²) in [4.78, 5) is -0.537. The second kappa shape index (κ2) is 4.30. The molecule has 0 spiro atoms. The van der Waals surface area contributed by atoms with E-state index in [-0.39, 0.29) is 40.9 Å². The Hall–Kier alpha value is -0.270. The van der Waals surface area contributed by atoms with Gasteiger partial charge in [0.05, 0.1) is 11.4 Å². The number of nitrogen functional groups attached to an aromatic ring is 2. The fourth-order valence-electron chi connectivity index (χ4n) is 0.862. The Labute approximate surface area is 98.2 Å². The van der Waals surface area contributed by atoms with Gasteiger partial charge in [-0.3, -0.25) is 0 Å². The second-order valence-corrected chi connectivity index (χ2v) is 3.54. The minimum Gasteiger partial charge on any atom is -0.744 e. The summed E-state index contributed by atoms with van der Waals surface area (Å²) in [5, 5.41) is 0. The van der Waals surface area contributed by atoms with Crippen molar-refractivity contribution in [2.24, 2.45) is 0 Å². The molecule has 0 saturated carbocycles. The van der Waals surface area contributed by atoms with Crippen LogP contribution in [-0.4, -0.2) is 13.0 Å². The summed E-state index contributed by atoms with van der Waals surface area (Å²) in [6.45, 7) is 0. The maximum absolute atomic E-state index is 10.6. The number of rotatable bonds is 1. The van der Waals surface area contributed by atoms with Crippen LogP contribution in [0, 0.1) is 0 Å². The molecule has 13 heavy (non-hydrogen) atoms. The van der Waals surface area contributed by atoms with Gasteiger partial charge in [0.15, 0.2) is 0 Å². The molecule has 0 bridgehead atoms. The van der Waals surface area contributed by atoms with Crippen molar-refractivity contribution in [3.63, 3.8) is 0 Å². The van der Waals surface area contributed by atoms with Crippen LogP contribution < -0.4 is 41.0 Å². The molecule has 7 heteroatoms. The maximum Gasteiger partial charge on any atom is 1.00 e. The first kappa shape index (κ1) is 12.7. The van der Waals surface area contributed by atoms with Crippen LogP contribution in [0.3, 0.4) is 0 Å². The van der Waals surface area contributed by atoms with E-state index >= 15 is 0 Å². The average Bonchev–Trinajstić information content (AvgIpc) is 1.82. The van der Waals surface area contributed by atoms with Crippen molar-refractivity contribution >= 4 is 21.5 Å². The molecule has 5 nitrogen and oxygen atoms in total. The molecule has 0 aliphatic carbocycles. The van der Waals surface area contributed by atoms with E-state index in [0.717, 1.165) is 0 Å². The van der Waals surface area contributed by atoms with E-state index in [9.17, 15) is 13.0 Å². The van der Waals surface area contributed by atoms with Gasteiger partial charge in [-0.05, 0) is 12.1 Å². The van der Waals surface area contributed by atoms with Gasteiger partial charge >= 0.3 is 29.6 Å². The third kappa shape index (κ3) is 2.85. The summed E-state index contributed by atoms with van der Waals surface area (Å²) >= 11 is 0. The van der Waals surface area contributed by atoms with Crippen LogP contribution in [-0.2, 0) is 10.1 Å². The Bertz CT molecular complexity index is 384. The van der Waals surface area contributed by atoms with Crippen LogP contribution in [0.5, 0.6) is 0 Å². The van der Waals surface area contributed by atoms with Crippen molar-refractivity contribution < 1.29 is 42.5 Å². The first-order valence-electron chi connectivity index (χ1n) is 3.03. The van der Waals surface area contributed by atoms with Crippen molar-refractivity contribution in [2.45, 2.75) is 4.90 Å². The zero-order chi connectivity index (χ0) is 9.35. The topological polar surface area (TPSA) is 109 Å². The van der Waals surface area contributed by atoms with E-state index in [1.807, 2.05) is 0 Å². The van der Waals surface area contributed by atoms with E-state index in [4.69, 9.17) is 11.5 Å². The van der Waals surface area contributed by atoms with Gasteiger partial charge in [-0.25, -0.2) is 8.42 Å². The van der Waals surface area contributed by atoms with Gasteiger partial charge in [0.1, 0.15) is 15.0 Å². The van der Waals surface area contributed by atoms with Crippen molar-refractivity contribution in [1.82, 2.24) is 0 Å². The number of anilines is 2. The van der Waals surface area contributed by atoms with Crippen molar-refractivity contribution in [3.05, 3.63) is 18.2 Å². The Balaban J connectivity index is 0.00000144. The zero-order valence-corrected chi connectivity index (χ0v) is 9.84. The van der Waals surface area contributed by atoms with Crippen LogP contribution in [0.25, 0.3) is 0 Å². The van der Waals surface area contributed by atoms with E-state index in [1.54, 1.807) is 0 Å². The number of nitrogens with two attached hydrogens (primary N) is 2. The van der Waals surface area contributed by atoms with Crippen molar-refractivity contribution in [2.75, 3.05) is 11.5 Å². The zero-order valence-electron chi connectivity index (χ0n) is 7.02. The molecule has 1 rings (SSSR count). The fourth-order valence-corrected chi connectivity index (χ4v) is 1.58. The summed E-state index contributed by atoms with van der Waals surface area (Å²) in [7, 11) is -4.56. The molecule has 66 valence electrons. The van der Waals surface area contributed by atoms with Gasteiger partial charge in [0, 0.05) is 0 Å². The molecule has 4 N–H and O–H groups in total. The van der Waals surface area contributed by atoms with Gasteiger partial charge in [0.25, 0.3) is 0 Å². The summed E-state index contributed by atoms with van der Waals surface area (Å²) in [5.74, 6) is 0. The van der Waals surface area contributed by atoms with Crippen LogP contribution in [0.1, 0.15) is 0 Å². The molecule has 1 aromatic rings. The molecule has 0 amide bonds. The standard InChI is InChI=1S/C6H8N2O3S.Na/c7-4-2-1-3-5(8)6(4)12(9,10)11;/h1-3H,7-8H2,(H,9,10,11);/q;+1/p-1. The SMILES string of the molecule is Nc1cccc(N)c1S(=O)(=O)[O-].[Na+]. The second-order valence-electron chi connectivity index (χ2n) is 2.22. The van der Waals surface area contributed by atoms with E-state index < -0.39 is 15.0 Å². The van der Waals surface area contributed by atoms with Crippen LogP contribution in [0.15, 0.2) is 23.1 Å². The van der Waals surface area contributed by atoms with Crippen molar-refractivity contribution in [1.29, 1.82) is 0 Å². The minimum absolute atomic E-state index is 0. The third-order valence-corrected chi connectivity index (χ3v) is 2.30. The fraction of sp³-hybridized carbons (Fsp3) is 0. The molecular weight excluding hydrogens is 203 g/mol. The van der Waals surface area contributed by atoms with E-state index in [0.29, 0.717) is 0 Å². The molecule has 0 radical (unpaired) electrons. The molecule has 0 heterocycles. The maximum atomic E-state index is 10.6. The molecule has 0 aliphatic rings. The Kier molecular flexibility index (Phi) is 4.21. The van der Waals surface area contributed by atoms with Gasteiger partial charge < -0.3 is 16.0 Å². The van der Waals surface area contributed by atoms with Crippen LogP contribution in [0.4, 0.5) is 11.4 Å². The first-order chi connectivity index (χ1) is 5.43.